The van der Waals surface area contributed by atoms with Gasteiger partial charge in [0, 0.05) is 9.13 Å². The van der Waals surface area contributed by atoms with E-state index in [9.17, 15) is 4.79 Å². The van der Waals surface area contributed by atoms with Crippen LogP contribution in [0.25, 0.3) is 0 Å². The lowest BCUT2D eigenvalue weighted by molar-refractivity contribution is 0.102. The largest absolute Gasteiger partial charge is 0.293 e. The highest BCUT2D eigenvalue weighted by atomic mass is 127. The lowest BCUT2D eigenvalue weighted by Crippen LogP contribution is -1.99. The Morgan fingerprint density at radius 3 is 2.36 bits per heavy atom. The average Bonchev–Trinajstić information content (AvgIpc) is 2.05. The number of hydrogen-bond acceptors (Lipinski definition) is 2. The summed E-state index contributed by atoms with van der Waals surface area (Å²) in [6.07, 6.45) is 0. The smallest absolute Gasteiger partial charge is 0.172 e. The van der Waals surface area contributed by atoms with Crippen molar-refractivity contribution in [3.63, 3.8) is 0 Å². The lowest BCUT2D eigenvalue weighted by Gasteiger charge is -1.95. The van der Waals surface area contributed by atoms with Gasteiger partial charge in [-0.3, -0.25) is 4.79 Å². The van der Waals surface area contributed by atoms with Gasteiger partial charge < -0.3 is 0 Å². The van der Waals surface area contributed by atoms with E-state index in [1.807, 2.05) is 24.3 Å². The van der Waals surface area contributed by atoms with Gasteiger partial charge in [-0.05, 0) is 34.7 Å². The molecule has 0 aliphatic heterocycles. The number of benzene rings is 1. The van der Waals surface area contributed by atoms with E-state index in [0.29, 0.717) is 0 Å². The minimum atomic E-state index is 0.0738. The van der Waals surface area contributed by atoms with Crippen LogP contribution in [0.5, 0.6) is 0 Å². The first-order chi connectivity index (χ1) is 5.24. The zero-order valence-electron chi connectivity index (χ0n) is 5.75. The van der Waals surface area contributed by atoms with E-state index in [-0.39, 0.29) is 11.5 Å². The third kappa shape index (κ3) is 2.48. The molecule has 1 nitrogen and oxygen atoms in total. The van der Waals surface area contributed by atoms with E-state index >= 15 is 0 Å². The van der Waals surface area contributed by atoms with Crippen molar-refractivity contribution >= 4 is 41.0 Å². The van der Waals surface area contributed by atoms with Gasteiger partial charge >= 0.3 is 0 Å². The van der Waals surface area contributed by atoms with Gasteiger partial charge in [0.25, 0.3) is 0 Å². The molecule has 3 heteroatoms. The second-order valence-corrected chi connectivity index (χ2v) is 3.65. The molecule has 11 heavy (non-hydrogen) atoms. The number of rotatable bonds is 2. The van der Waals surface area contributed by atoms with E-state index in [1.165, 1.54) is 0 Å². The van der Waals surface area contributed by atoms with Gasteiger partial charge in [0.1, 0.15) is 0 Å². The van der Waals surface area contributed by atoms with Crippen molar-refractivity contribution < 1.29 is 4.79 Å². The Bertz CT molecular complexity index is 255. The Hall–Kier alpha value is -0.0300. The Morgan fingerprint density at radius 2 is 1.91 bits per heavy atom. The molecular formula is C8H7IOS. The molecule has 0 radical (unpaired) electrons. The molecule has 0 fully saturated rings. The summed E-state index contributed by atoms with van der Waals surface area (Å²) in [6.45, 7) is 0. The number of thiol groups is 1. The number of hydrogen-bond donors (Lipinski definition) is 1. The van der Waals surface area contributed by atoms with Crippen LogP contribution in [-0.2, 0) is 0 Å². The molecule has 1 rings (SSSR count). The highest BCUT2D eigenvalue weighted by Gasteiger charge is 2.00. The Morgan fingerprint density at radius 1 is 1.36 bits per heavy atom. The number of carbonyl (C=O) groups is 1. The summed E-state index contributed by atoms with van der Waals surface area (Å²) in [5.74, 6) is 0.352. The highest BCUT2D eigenvalue weighted by Crippen LogP contribution is 2.07. The Kier molecular flexibility index (Phi) is 3.39. The standard InChI is InChI=1S/C8H7IOS/c9-7-3-1-6(2-4-7)8(10)5-11/h1-4,11H,5H2. The molecule has 0 aliphatic carbocycles. The fraction of sp³-hybridized carbons (Fsp3) is 0.125. The molecule has 0 N–H and O–H groups in total. The highest BCUT2D eigenvalue weighted by molar-refractivity contribution is 14.1. The number of halogens is 1. The molecule has 0 atom stereocenters. The predicted octanol–water partition coefficient (Wildman–Crippen LogP) is 2.40. The molecule has 58 valence electrons. The number of carbonyl (C=O) groups excluding carboxylic acids is 1. The molecular weight excluding hydrogens is 271 g/mol. The zero-order chi connectivity index (χ0) is 8.27. The van der Waals surface area contributed by atoms with Crippen LogP contribution in [0.3, 0.4) is 0 Å². The van der Waals surface area contributed by atoms with Crippen molar-refractivity contribution in [1.29, 1.82) is 0 Å². The van der Waals surface area contributed by atoms with E-state index in [1.54, 1.807) is 0 Å². The minimum Gasteiger partial charge on any atom is -0.293 e. The number of Topliss-reactive ketones (excluding diaryl/α,β-unsaturated/α-hetero) is 1. The summed E-state index contributed by atoms with van der Waals surface area (Å²) in [4.78, 5) is 11.0. The summed E-state index contributed by atoms with van der Waals surface area (Å²) in [5, 5.41) is 0. The number of ketones is 1. The van der Waals surface area contributed by atoms with Crippen LogP contribution < -0.4 is 0 Å². The van der Waals surface area contributed by atoms with Gasteiger partial charge in [0.05, 0.1) is 5.75 Å². The van der Waals surface area contributed by atoms with Crippen LogP contribution >= 0.6 is 35.2 Å². The van der Waals surface area contributed by atoms with Crippen LogP contribution in [0.2, 0.25) is 0 Å². The third-order valence-corrected chi connectivity index (χ3v) is 2.32. The molecule has 0 saturated carbocycles. The van der Waals surface area contributed by atoms with Crippen LogP contribution in [-0.4, -0.2) is 11.5 Å². The van der Waals surface area contributed by atoms with Gasteiger partial charge in [0.15, 0.2) is 5.78 Å². The predicted molar refractivity (Wildman–Crippen MR) is 57.3 cm³/mol. The molecule has 0 amide bonds. The van der Waals surface area contributed by atoms with Gasteiger partial charge in [-0.25, -0.2) is 0 Å². The maximum absolute atomic E-state index is 11.0. The van der Waals surface area contributed by atoms with Crippen molar-refractivity contribution in [2.45, 2.75) is 0 Å². The first-order valence-corrected chi connectivity index (χ1v) is 4.85. The molecule has 1 aromatic rings. The topological polar surface area (TPSA) is 17.1 Å². The monoisotopic (exact) mass is 278 g/mol. The fourth-order valence-electron chi connectivity index (χ4n) is 0.727. The van der Waals surface area contributed by atoms with Crippen LogP contribution in [0.15, 0.2) is 24.3 Å². The summed E-state index contributed by atoms with van der Waals surface area (Å²) in [7, 11) is 0. The van der Waals surface area contributed by atoms with Crippen molar-refractivity contribution in [3.05, 3.63) is 33.4 Å². The van der Waals surface area contributed by atoms with Gasteiger partial charge in [-0.15, -0.1) is 0 Å². The van der Waals surface area contributed by atoms with E-state index in [0.717, 1.165) is 9.13 Å². The van der Waals surface area contributed by atoms with E-state index < -0.39 is 0 Å². The summed E-state index contributed by atoms with van der Waals surface area (Å²) in [5.41, 5.74) is 0.736. The summed E-state index contributed by atoms with van der Waals surface area (Å²) >= 11 is 6.10. The maximum Gasteiger partial charge on any atom is 0.172 e. The maximum atomic E-state index is 11.0. The molecule has 0 saturated heterocycles. The van der Waals surface area contributed by atoms with Crippen LogP contribution in [0.1, 0.15) is 10.4 Å². The average molecular weight is 278 g/mol. The second kappa shape index (κ2) is 4.11. The molecule has 0 aliphatic rings. The molecule has 0 unspecified atom stereocenters. The summed E-state index contributed by atoms with van der Waals surface area (Å²) in [6, 6.07) is 7.47. The first-order valence-electron chi connectivity index (χ1n) is 3.13. The third-order valence-electron chi connectivity index (χ3n) is 1.31. The SMILES string of the molecule is O=C(CS)c1ccc(I)cc1. The molecule has 0 heterocycles. The molecule has 0 bridgehead atoms. The fourth-order valence-corrected chi connectivity index (χ4v) is 1.27. The lowest BCUT2D eigenvalue weighted by atomic mass is 10.2. The summed E-state index contributed by atoms with van der Waals surface area (Å²) < 4.78 is 1.14. The van der Waals surface area contributed by atoms with Crippen LogP contribution in [0.4, 0.5) is 0 Å². The van der Waals surface area contributed by atoms with Gasteiger partial charge in [-0.2, -0.15) is 12.6 Å². The van der Waals surface area contributed by atoms with E-state index in [2.05, 4.69) is 35.2 Å². The van der Waals surface area contributed by atoms with Gasteiger partial charge in [-0.1, -0.05) is 12.1 Å². The zero-order valence-corrected chi connectivity index (χ0v) is 8.80. The van der Waals surface area contributed by atoms with Crippen LogP contribution in [0, 0.1) is 3.57 Å². The van der Waals surface area contributed by atoms with Crippen molar-refractivity contribution in [3.8, 4) is 0 Å². The Balaban J connectivity index is 2.90. The van der Waals surface area contributed by atoms with Crippen molar-refractivity contribution in [2.24, 2.45) is 0 Å². The van der Waals surface area contributed by atoms with Crippen molar-refractivity contribution in [1.82, 2.24) is 0 Å². The van der Waals surface area contributed by atoms with E-state index in [4.69, 9.17) is 0 Å². The molecule has 1 aromatic carbocycles. The Labute approximate surface area is 84.7 Å². The first kappa shape index (κ1) is 9.06. The molecule has 0 spiro atoms. The van der Waals surface area contributed by atoms with Crippen molar-refractivity contribution in [2.75, 3.05) is 5.75 Å². The second-order valence-electron chi connectivity index (χ2n) is 2.09. The quantitative estimate of drug-likeness (QED) is 0.499. The molecule has 0 aromatic heterocycles. The minimum absolute atomic E-state index is 0.0738. The van der Waals surface area contributed by atoms with Gasteiger partial charge in [0.2, 0.25) is 0 Å². The normalized spacial score (nSPS) is 9.64.